The van der Waals surface area contributed by atoms with E-state index in [1.165, 1.54) is 12.1 Å². The number of primary sulfonamides is 1. The molecule has 108 valence electrons. The maximum Gasteiger partial charge on any atom is 0.238 e. The van der Waals surface area contributed by atoms with Crippen molar-refractivity contribution in [3.63, 3.8) is 0 Å². The van der Waals surface area contributed by atoms with Gasteiger partial charge < -0.3 is 5.32 Å². The summed E-state index contributed by atoms with van der Waals surface area (Å²) in [5.74, 6) is 0. The largest absolute Gasteiger partial charge is 0.304 e. The number of aromatic amines is 1. The highest BCUT2D eigenvalue weighted by atomic mass is 32.2. The Morgan fingerprint density at radius 2 is 1.75 bits per heavy atom. The predicted octanol–water partition coefficient (Wildman–Crippen LogP) is 1.47. The molecule has 20 heavy (non-hydrogen) atoms. The second-order valence-corrected chi connectivity index (χ2v) is 6.32. The fourth-order valence-corrected chi connectivity index (χ4v) is 2.53. The van der Waals surface area contributed by atoms with Crippen molar-refractivity contribution < 1.29 is 8.42 Å². The van der Waals surface area contributed by atoms with Gasteiger partial charge in [-0.05, 0) is 31.5 Å². The molecule has 2 atom stereocenters. The lowest BCUT2D eigenvalue weighted by molar-refractivity contribution is 0.494. The van der Waals surface area contributed by atoms with Crippen LogP contribution >= 0.6 is 0 Å². The van der Waals surface area contributed by atoms with Gasteiger partial charge in [-0.1, -0.05) is 12.1 Å². The molecule has 4 N–H and O–H groups in total. The molecular formula is C13H18N4O2S. The topological polar surface area (TPSA) is 101 Å². The van der Waals surface area contributed by atoms with Gasteiger partial charge in [0.15, 0.2) is 0 Å². The number of hydrogen-bond donors (Lipinski definition) is 3. The Balaban J connectivity index is 2.08. The first kappa shape index (κ1) is 14.7. The van der Waals surface area contributed by atoms with Crippen molar-refractivity contribution in [1.82, 2.24) is 15.5 Å². The molecule has 2 unspecified atom stereocenters. The van der Waals surface area contributed by atoms with E-state index in [-0.39, 0.29) is 17.0 Å². The first-order chi connectivity index (χ1) is 9.38. The minimum absolute atomic E-state index is 0.0782. The second kappa shape index (κ2) is 5.74. The Morgan fingerprint density at radius 1 is 1.15 bits per heavy atom. The smallest absolute Gasteiger partial charge is 0.238 e. The number of H-pyrrole nitrogens is 1. The number of aromatic nitrogens is 2. The molecule has 1 aromatic carbocycles. The summed E-state index contributed by atoms with van der Waals surface area (Å²) in [6.45, 7) is 4.06. The van der Waals surface area contributed by atoms with Crippen LogP contribution in [0.15, 0.2) is 41.6 Å². The molecule has 0 saturated carbocycles. The zero-order chi connectivity index (χ0) is 14.8. The standard InChI is InChI=1S/C13H18N4O2S/c1-9(17-10(2)12-7-15-16-8-12)11-3-5-13(6-4-11)20(14,18)19/h3-10,17H,1-2H3,(H,15,16)(H2,14,18,19). The monoisotopic (exact) mass is 294 g/mol. The van der Waals surface area contributed by atoms with Crippen molar-refractivity contribution >= 4 is 10.0 Å². The Morgan fingerprint density at radius 3 is 2.25 bits per heavy atom. The van der Waals surface area contributed by atoms with Gasteiger partial charge in [-0.2, -0.15) is 5.10 Å². The molecule has 0 aliphatic heterocycles. The fraction of sp³-hybridized carbons (Fsp3) is 0.308. The van der Waals surface area contributed by atoms with E-state index >= 15 is 0 Å². The van der Waals surface area contributed by atoms with Crippen LogP contribution in [0.3, 0.4) is 0 Å². The first-order valence-electron chi connectivity index (χ1n) is 6.25. The van der Waals surface area contributed by atoms with Gasteiger partial charge in [0, 0.05) is 23.8 Å². The lowest BCUT2D eigenvalue weighted by Crippen LogP contribution is -2.22. The molecule has 1 aromatic heterocycles. The van der Waals surface area contributed by atoms with Crippen LogP contribution in [0.2, 0.25) is 0 Å². The van der Waals surface area contributed by atoms with Crippen LogP contribution in [-0.2, 0) is 10.0 Å². The van der Waals surface area contributed by atoms with E-state index in [1.807, 2.05) is 20.0 Å². The summed E-state index contributed by atoms with van der Waals surface area (Å²) < 4.78 is 22.4. The second-order valence-electron chi connectivity index (χ2n) is 4.76. The number of nitrogens with two attached hydrogens (primary N) is 1. The third-order valence-electron chi connectivity index (χ3n) is 3.23. The fourth-order valence-electron chi connectivity index (χ4n) is 2.01. The SMILES string of the molecule is CC(NC(C)c1cn[nH]c1)c1ccc(S(N)(=O)=O)cc1. The number of hydrogen-bond acceptors (Lipinski definition) is 4. The zero-order valence-electron chi connectivity index (χ0n) is 11.4. The molecule has 6 nitrogen and oxygen atoms in total. The molecule has 0 bridgehead atoms. The van der Waals surface area contributed by atoms with Crippen LogP contribution in [0.4, 0.5) is 0 Å². The molecule has 0 amide bonds. The van der Waals surface area contributed by atoms with Gasteiger partial charge in [-0.25, -0.2) is 13.6 Å². The van der Waals surface area contributed by atoms with Crippen LogP contribution < -0.4 is 10.5 Å². The van der Waals surface area contributed by atoms with Crippen molar-refractivity contribution in [3.8, 4) is 0 Å². The summed E-state index contributed by atoms with van der Waals surface area (Å²) in [6, 6.07) is 6.78. The molecular weight excluding hydrogens is 276 g/mol. The number of benzene rings is 1. The van der Waals surface area contributed by atoms with Crippen molar-refractivity contribution in [2.75, 3.05) is 0 Å². The van der Waals surface area contributed by atoms with Crippen LogP contribution in [-0.4, -0.2) is 18.6 Å². The van der Waals surface area contributed by atoms with Crippen LogP contribution in [0.5, 0.6) is 0 Å². The van der Waals surface area contributed by atoms with Gasteiger partial charge >= 0.3 is 0 Å². The van der Waals surface area contributed by atoms with E-state index in [0.29, 0.717) is 0 Å². The number of sulfonamides is 1. The Labute approximate surface area is 118 Å². The maximum atomic E-state index is 11.2. The molecule has 0 spiro atoms. The number of nitrogens with one attached hydrogen (secondary N) is 2. The van der Waals surface area contributed by atoms with Crippen LogP contribution in [0, 0.1) is 0 Å². The molecule has 2 aromatic rings. The summed E-state index contributed by atoms with van der Waals surface area (Å²) in [4.78, 5) is 0.122. The van der Waals surface area contributed by atoms with Crippen molar-refractivity contribution in [2.24, 2.45) is 5.14 Å². The summed E-state index contributed by atoms with van der Waals surface area (Å²) >= 11 is 0. The molecule has 1 heterocycles. The molecule has 7 heteroatoms. The first-order valence-corrected chi connectivity index (χ1v) is 7.80. The summed E-state index contributed by atoms with van der Waals surface area (Å²) in [7, 11) is -3.64. The number of rotatable bonds is 5. The van der Waals surface area contributed by atoms with Gasteiger partial charge in [0.2, 0.25) is 10.0 Å². The van der Waals surface area contributed by atoms with E-state index in [4.69, 9.17) is 5.14 Å². The Hall–Kier alpha value is -1.70. The predicted molar refractivity (Wildman–Crippen MR) is 76.4 cm³/mol. The van der Waals surface area contributed by atoms with Gasteiger partial charge in [0.1, 0.15) is 0 Å². The van der Waals surface area contributed by atoms with Crippen LogP contribution in [0.1, 0.15) is 37.1 Å². The molecule has 0 aliphatic carbocycles. The highest BCUT2D eigenvalue weighted by molar-refractivity contribution is 7.89. The van der Waals surface area contributed by atoms with Crippen molar-refractivity contribution in [2.45, 2.75) is 30.8 Å². The summed E-state index contributed by atoms with van der Waals surface area (Å²) in [5, 5.41) is 15.2. The van der Waals surface area contributed by atoms with E-state index < -0.39 is 10.0 Å². The molecule has 0 aliphatic rings. The summed E-state index contributed by atoms with van der Waals surface area (Å²) in [6.07, 6.45) is 3.61. The lowest BCUT2D eigenvalue weighted by atomic mass is 10.1. The third-order valence-corrected chi connectivity index (χ3v) is 4.16. The minimum Gasteiger partial charge on any atom is -0.304 e. The Kier molecular flexibility index (Phi) is 4.22. The van der Waals surface area contributed by atoms with Crippen molar-refractivity contribution in [3.05, 3.63) is 47.8 Å². The average Bonchev–Trinajstić information content (AvgIpc) is 2.91. The van der Waals surface area contributed by atoms with E-state index in [2.05, 4.69) is 15.5 Å². The highest BCUT2D eigenvalue weighted by Gasteiger charge is 2.13. The van der Waals surface area contributed by atoms with Crippen LogP contribution in [0.25, 0.3) is 0 Å². The third kappa shape index (κ3) is 3.44. The molecule has 2 rings (SSSR count). The van der Waals surface area contributed by atoms with E-state index in [9.17, 15) is 8.42 Å². The van der Waals surface area contributed by atoms with Gasteiger partial charge in [-0.3, -0.25) is 5.10 Å². The summed E-state index contributed by atoms with van der Waals surface area (Å²) in [5.41, 5.74) is 2.06. The van der Waals surface area contributed by atoms with Gasteiger partial charge in [-0.15, -0.1) is 0 Å². The van der Waals surface area contributed by atoms with Crippen molar-refractivity contribution in [1.29, 1.82) is 0 Å². The highest BCUT2D eigenvalue weighted by Crippen LogP contribution is 2.19. The maximum absolute atomic E-state index is 11.2. The minimum atomic E-state index is -3.64. The zero-order valence-corrected chi connectivity index (χ0v) is 12.2. The Bertz CT molecular complexity index is 650. The molecule has 0 fully saturated rings. The molecule has 0 radical (unpaired) electrons. The number of nitrogens with zero attached hydrogens (tertiary/aromatic N) is 1. The average molecular weight is 294 g/mol. The van der Waals surface area contributed by atoms with Gasteiger partial charge in [0.25, 0.3) is 0 Å². The van der Waals surface area contributed by atoms with E-state index in [0.717, 1.165) is 11.1 Å². The van der Waals surface area contributed by atoms with E-state index in [1.54, 1.807) is 18.3 Å². The van der Waals surface area contributed by atoms with Gasteiger partial charge in [0.05, 0.1) is 11.1 Å². The molecule has 0 saturated heterocycles. The normalized spacial score (nSPS) is 14.9. The quantitative estimate of drug-likeness (QED) is 0.777. The lowest BCUT2D eigenvalue weighted by Gasteiger charge is -2.19.